The summed E-state index contributed by atoms with van der Waals surface area (Å²) in [6.45, 7) is 6.85. The standard InChI is InChI=1S/C17H22FNO/c1-4-10-19-17(16-9-7-13(5-2)20-16)14-8-6-12(3)11-15(14)18/h6-9,11,17,19H,4-5,10H2,1-3H3. The first-order valence-electron chi connectivity index (χ1n) is 7.23. The van der Waals surface area contributed by atoms with Gasteiger partial charge >= 0.3 is 0 Å². The number of nitrogens with one attached hydrogen (secondary N) is 1. The summed E-state index contributed by atoms with van der Waals surface area (Å²) >= 11 is 0. The Bertz CT molecular complexity index is 562. The van der Waals surface area contributed by atoms with Crippen LogP contribution in [0.4, 0.5) is 4.39 Å². The Kier molecular flexibility index (Phi) is 4.96. The molecule has 0 saturated carbocycles. The highest BCUT2D eigenvalue weighted by Gasteiger charge is 2.20. The van der Waals surface area contributed by atoms with Gasteiger partial charge in [0, 0.05) is 12.0 Å². The molecule has 0 saturated heterocycles. The van der Waals surface area contributed by atoms with Crippen molar-refractivity contribution in [3.05, 3.63) is 58.8 Å². The van der Waals surface area contributed by atoms with Gasteiger partial charge in [0.05, 0.1) is 6.04 Å². The van der Waals surface area contributed by atoms with Gasteiger partial charge in [0.1, 0.15) is 17.3 Å². The first-order valence-corrected chi connectivity index (χ1v) is 7.23. The van der Waals surface area contributed by atoms with Crippen molar-refractivity contribution in [2.45, 2.75) is 39.7 Å². The molecule has 1 N–H and O–H groups in total. The predicted molar refractivity (Wildman–Crippen MR) is 79.4 cm³/mol. The molecule has 0 aliphatic carbocycles. The molecule has 0 aliphatic heterocycles. The smallest absolute Gasteiger partial charge is 0.128 e. The fraction of sp³-hybridized carbons (Fsp3) is 0.412. The highest BCUT2D eigenvalue weighted by molar-refractivity contribution is 5.31. The zero-order chi connectivity index (χ0) is 14.5. The summed E-state index contributed by atoms with van der Waals surface area (Å²) in [6.07, 6.45) is 1.84. The SMILES string of the molecule is CCCNC(c1ccc(CC)o1)c1ccc(C)cc1F. The van der Waals surface area contributed by atoms with Crippen LogP contribution in [0, 0.1) is 12.7 Å². The Morgan fingerprint density at radius 2 is 2.00 bits per heavy atom. The fourth-order valence-corrected chi connectivity index (χ4v) is 2.26. The number of benzene rings is 1. The number of hydrogen-bond donors (Lipinski definition) is 1. The van der Waals surface area contributed by atoms with Gasteiger partial charge in [0.15, 0.2) is 0 Å². The van der Waals surface area contributed by atoms with Crippen LogP contribution in [-0.2, 0) is 6.42 Å². The van der Waals surface area contributed by atoms with Crippen LogP contribution in [0.25, 0.3) is 0 Å². The van der Waals surface area contributed by atoms with Crippen molar-refractivity contribution in [1.82, 2.24) is 5.32 Å². The van der Waals surface area contributed by atoms with Crippen LogP contribution in [0.2, 0.25) is 0 Å². The molecule has 0 fully saturated rings. The second-order valence-corrected chi connectivity index (χ2v) is 5.07. The molecule has 1 heterocycles. The van der Waals surface area contributed by atoms with Crippen molar-refractivity contribution in [1.29, 1.82) is 0 Å². The van der Waals surface area contributed by atoms with E-state index in [1.54, 1.807) is 6.07 Å². The van der Waals surface area contributed by atoms with Crippen LogP contribution in [0.1, 0.15) is 49.0 Å². The van der Waals surface area contributed by atoms with Gasteiger partial charge in [-0.15, -0.1) is 0 Å². The third kappa shape index (κ3) is 3.28. The molecule has 1 unspecified atom stereocenters. The van der Waals surface area contributed by atoms with Crippen molar-refractivity contribution in [2.24, 2.45) is 0 Å². The predicted octanol–water partition coefficient (Wildman–Crippen LogP) is 4.38. The van der Waals surface area contributed by atoms with Gasteiger partial charge in [-0.05, 0) is 43.7 Å². The number of aryl methyl sites for hydroxylation is 2. The Balaban J connectivity index is 2.35. The molecule has 0 spiro atoms. The van der Waals surface area contributed by atoms with Gasteiger partial charge in [-0.3, -0.25) is 0 Å². The van der Waals surface area contributed by atoms with Crippen LogP contribution in [-0.4, -0.2) is 6.54 Å². The largest absolute Gasteiger partial charge is 0.464 e. The summed E-state index contributed by atoms with van der Waals surface area (Å²) in [7, 11) is 0. The van der Waals surface area contributed by atoms with Crippen molar-refractivity contribution in [3.63, 3.8) is 0 Å². The van der Waals surface area contributed by atoms with E-state index in [-0.39, 0.29) is 11.9 Å². The lowest BCUT2D eigenvalue weighted by Gasteiger charge is -2.18. The van der Waals surface area contributed by atoms with E-state index in [4.69, 9.17) is 4.42 Å². The molecule has 3 heteroatoms. The molecule has 20 heavy (non-hydrogen) atoms. The number of furan rings is 1. The van der Waals surface area contributed by atoms with Crippen molar-refractivity contribution in [2.75, 3.05) is 6.54 Å². The van der Waals surface area contributed by atoms with Gasteiger partial charge in [0.25, 0.3) is 0 Å². The summed E-state index contributed by atoms with van der Waals surface area (Å²) in [5, 5.41) is 3.37. The van der Waals surface area contributed by atoms with Crippen LogP contribution in [0.5, 0.6) is 0 Å². The van der Waals surface area contributed by atoms with Gasteiger partial charge in [-0.1, -0.05) is 26.0 Å². The van der Waals surface area contributed by atoms with Crippen LogP contribution in [0.3, 0.4) is 0 Å². The second kappa shape index (κ2) is 6.71. The third-order valence-electron chi connectivity index (χ3n) is 3.38. The monoisotopic (exact) mass is 275 g/mol. The quantitative estimate of drug-likeness (QED) is 0.846. The second-order valence-electron chi connectivity index (χ2n) is 5.07. The zero-order valence-electron chi connectivity index (χ0n) is 12.4. The Morgan fingerprint density at radius 3 is 2.60 bits per heavy atom. The van der Waals surface area contributed by atoms with Crippen LogP contribution in [0.15, 0.2) is 34.7 Å². The summed E-state index contributed by atoms with van der Waals surface area (Å²) in [4.78, 5) is 0. The maximum atomic E-state index is 14.2. The van der Waals surface area contributed by atoms with Crippen LogP contribution >= 0.6 is 0 Å². The molecule has 0 aliphatic rings. The number of halogens is 1. The Hall–Kier alpha value is -1.61. The highest BCUT2D eigenvalue weighted by Crippen LogP contribution is 2.27. The van der Waals surface area contributed by atoms with Crippen LogP contribution < -0.4 is 5.32 Å². The Labute approximate surface area is 120 Å². The van der Waals surface area contributed by atoms with E-state index in [9.17, 15) is 4.39 Å². The molecule has 0 radical (unpaired) electrons. The summed E-state index contributed by atoms with van der Waals surface area (Å²) in [5.41, 5.74) is 1.57. The van der Waals surface area contributed by atoms with E-state index in [2.05, 4.69) is 12.2 Å². The third-order valence-corrected chi connectivity index (χ3v) is 3.38. The number of hydrogen-bond acceptors (Lipinski definition) is 2. The van der Waals surface area contributed by atoms with E-state index in [1.807, 2.05) is 38.1 Å². The summed E-state index contributed by atoms with van der Waals surface area (Å²) < 4.78 is 20.0. The maximum absolute atomic E-state index is 14.2. The van der Waals surface area contributed by atoms with Crippen molar-refractivity contribution >= 4 is 0 Å². The fourth-order valence-electron chi connectivity index (χ4n) is 2.26. The van der Waals surface area contributed by atoms with Gasteiger partial charge in [-0.25, -0.2) is 4.39 Å². The average molecular weight is 275 g/mol. The molecule has 2 aromatic rings. The van der Waals surface area contributed by atoms with E-state index in [0.717, 1.165) is 36.5 Å². The maximum Gasteiger partial charge on any atom is 0.128 e. The van der Waals surface area contributed by atoms with E-state index < -0.39 is 0 Å². The zero-order valence-corrected chi connectivity index (χ0v) is 12.4. The molecule has 1 aromatic heterocycles. The normalized spacial score (nSPS) is 12.6. The first kappa shape index (κ1) is 14.8. The highest BCUT2D eigenvalue weighted by atomic mass is 19.1. The molecule has 108 valence electrons. The minimum absolute atomic E-state index is 0.187. The molecule has 1 aromatic carbocycles. The average Bonchev–Trinajstić information content (AvgIpc) is 2.90. The van der Waals surface area contributed by atoms with Gasteiger partial charge in [0.2, 0.25) is 0 Å². The lowest BCUT2D eigenvalue weighted by molar-refractivity contribution is 0.414. The molecular formula is C17H22FNO. The molecule has 1 atom stereocenters. The summed E-state index contributed by atoms with van der Waals surface area (Å²) in [5.74, 6) is 1.52. The van der Waals surface area contributed by atoms with Gasteiger partial charge < -0.3 is 9.73 Å². The van der Waals surface area contributed by atoms with E-state index in [0.29, 0.717) is 5.56 Å². The van der Waals surface area contributed by atoms with Crippen molar-refractivity contribution in [3.8, 4) is 0 Å². The Morgan fingerprint density at radius 1 is 1.20 bits per heavy atom. The molecule has 2 rings (SSSR count). The van der Waals surface area contributed by atoms with Crippen molar-refractivity contribution < 1.29 is 8.81 Å². The lowest BCUT2D eigenvalue weighted by atomic mass is 10.0. The van der Waals surface area contributed by atoms with E-state index in [1.165, 1.54) is 0 Å². The lowest BCUT2D eigenvalue weighted by Crippen LogP contribution is -2.23. The number of rotatable bonds is 6. The topological polar surface area (TPSA) is 25.2 Å². The summed E-state index contributed by atoms with van der Waals surface area (Å²) in [6, 6.07) is 9.01. The molecule has 0 amide bonds. The molecule has 2 nitrogen and oxygen atoms in total. The van der Waals surface area contributed by atoms with E-state index >= 15 is 0 Å². The minimum Gasteiger partial charge on any atom is -0.464 e. The molecular weight excluding hydrogens is 253 g/mol. The van der Waals surface area contributed by atoms with Gasteiger partial charge in [-0.2, -0.15) is 0 Å². The minimum atomic E-state index is -0.226. The molecule has 0 bridgehead atoms. The first-order chi connectivity index (χ1) is 9.65.